The number of aryl methyl sites for hydroxylation is 1. The molecular weight excluding hydrogens is 438 g/mol. The summed E-state index contributed by atoms with van der Waals surface area (Å²) in [5.41, 5.74) is 9.24. The number of anilines is 1. The maximum absolute atomic E-state index is 10.8. The molecule has 0 atom stereocenters. The first kappa shape index (κ1) is 22.0. The molecule has 0 amide bonds. The third-order valence-corrected chi connectivity index (χ3v) is 8.59. The van der Waals surface area contributed by atoms with Crippen molar-refractivity contribution in [1.82, 2.24) is 9.55 Å². The van der Waals surface area contributed by atoms with E-state index in [-0.39, 0.29) is 5.69 Å². The van der Waals surface area contributed by atoms with Crippen LogP contribution in [0.3, 0.4) is 0 Å². The Bertz CT molecular complexity index is 1250. The maximum Gasteiger partial charge on any atom is 0.287 e. The SMILES string of the molecule is Cc1cc(/C=N\Nc2ccc([N+](=O)[O-])cn2)c(C)n1-c1ccc(C23CC4CC(CC(C4)C2)C3)cc1. The topological polar surface area (TPSA) is 85.3 Å². The van der Waals surface area contributed by atoms with E-state index in [1.165, 1.54) is 56.5 Å². The van der Waals surface area contributed by atoms with Gasteiger partial charge in [0.15, 0.2) is 0 Å². The summed E-state index contributed by atoms with van der Waals surface area (Å²) in [6, 6.07) is 14.4. The molecule has 35 heavy (non-hydrogen) atoms. The standard InChI is InChI=1S/C28H31N5O2/c1-18-9-23(16-30-31-27-8-7-26(17-29-27)33(34)35)19(2)32(18)25-5-3-24(4-6-25)28-13-20-10-21(14-28)12-22(11-20)15-28/h3-9,16-17,20-22H,10-15H2,1-2H3,(H,29,31)/b30-16-. The number of hydrazone groups is 1. The zero-order chi connectivity index (χ0) is 24.2. The van der Waals surface area contributed by atoms with Crippen LogP contribution in [0.1, 0.15) is 61.0 Å². The van der Waals surface area contributed by atoms with Crippen LogP contribution in [-0.2, 0) is 5.41 Å². The highest BCUT2D eigenvalue weighted by Gasteiger charge is 2.51. The van der Waals surface area contributed by atoms with Crippen molar-refractivity contribution in [3.8, 4) is 5.69 Å². The molecule has 180 valence electrons. The molecule has 4 saturated carbocycles. The van der Waals surface area contributed by atoms with Gasteiger partial charge in [-0.3, -0.25) is 15.5 Å². The van der Waals surface area contributed by atoms with Gasteiger partial charge in [0, 0.05) is 28.7 Å². The van der Waals surface area contributed by atoms with Crippen molar-refractivity contribution in [3.05, 3.63) is 81.3 Å². The molecule has 4 bridgehead atoms. The van der Waals surface area contributed by atoms with Crippen LogP contribution in [0.5, 0.6) is 0 Å². The van der Waals surface area contributed by atoms with Crippen molar-refractivity contribution in [3.63, 3.8) is 0 Å². The molecule has 0 spiro atoms. The second-order valence-corrected chi connectivity index (χ2v) is 10.9. The molecule has 3 aromatic rings. The van der Waals surface area contributed by atoms with Gasteiger partial charge in [0.2, 0.25) is 0 Å². The third-order valence-electron chi connectivity index (χ3n) is 8.59. The molecule has 0 saturated heterocycles. The predicted molar refractivity (Wildman–Crippen MR) is 137 cm³/mol. The van der Waals surface area contributed by atoms with Crippen molar-refractivity contribution in [2.45, 2.75) is 57.8 Å². The average molecular weight is 470 g/mol. The molecule has 0 aliphatic heterocycles. The van der Waals surface area contributed by atoms with Gasteiger partial charge in [-0.2, -0.15) is 5.10 Å². The number of rotatable bonds is 6. The van der Waals surface area contributed by atoms with E-state index in [0.29, 0.717) is 11.2 Å². The van der Waals surface area contributed by atoms with Gasteiger partial charge >= 0.3 is 0 Å². The second-order valence-electron chi connectivity index (χ2n) is 10.9. The van der Waals surface area contributed by atoms with Gasteiger partial charge in [-0.25, -0.2) is 4.98 Å². The summed E-state index contributed by atoms with van der Waals surface area (Å²) in [5, 5.41) is 15.1. The van der Waals surface area contributed by atoms with Crippen molar-refractivity contribution < 1.29 is 4.92 Å². The quantitative estimate of drug-likeness (QED) is 0.260. The van der Waals surface area contributed by atoms with Crippen molar-refractivity contribution in [2.75, 3.05) is 5.43 Å². The average Bonchev–Trinajstić information content (AvgIpc) is 3.11. The number of pyridine rings is 1. The lowest BCUT2D eigenvalue weighted by atomic mass is 9.48. The highest BCUT2D eigenvalue weighted by atomic mass is 16.6. The van der Waals surface area contributed by atoms with Gasteiger partial charge in [0.25, 0.3) is 5.69 Å². The largest absolute Gasteiger partial charge is 0.318 e. The Morgan fingerprint density at radius 2 is 1.71 bits per heavy atom. The van der Waals surface area contributed by atoms with Gasteiger partial charge < -0.3 is 4.57 Å². The molecule has 0 unspecified atom stereocenters. The normalized spacial score (nSPS) is 27.0. The Labute approximate surface area is 205 Å². The number of hydrogen-bond acceptors (Lipinski definition) is 5. The van der Waals surface area contributed by atoms with Crippen molar-refractivity contribution >= 4 is 17.7 Å². The summed E-state index contributed by atoms with van der Waals surface area (Å²) >= 11 is 0. The van der Waals surface area contributed by atoms with E-state index in [1.54, 1.807) is 17.8 Å². The highest BCUT2D eigenvalue weighted by Crippen LogP contribution is 2.60. The minimum Gasteiger partial charge on any atom is -0.318 e. The van der Waals surface area contributed by atoms with Gasteiger partial charge in [-0.05, 0) is 105 Å². The van der Waals surface area contributed by atoms with Gasteiger partial charge in [-0.1, -0.05) is 12.1 Å². The Kier molecular flexibility index (Phi) is 5.24. The minimum atomic E-state index is -0.468. The number of nitro groups is 1. The Hall–Kier alpha value is -3.48. The van der Waals surface area contributed by atoms with E-state index in [4.69, 9.17) is 0 Å². The zero-order valence-electron chi connectivity index (χ0n) is 20.3. The maximum atomic E-state index is 10.8. The number of benzene rings is 1. The first-order valence-electron chi connectivity index (χ1n) is 12.6. The fraction of sp³-hybridized carbons (Fsp3) is 0.429. The fourth-order valence-corrected chi connectivity index (χ4v) is 7.47. The molecule has 2 heterocycles. The van der Waals surface area contributed by atoms with E-state index >= 15 is 0 Å². The number of nitrogens with one attached hydrogen (secondary N) is 1. The van der Waals surface area contributed by atoms with Gasteiger partial charge in [0.05, 0.1) is 11.1 Å². The molecule has 7 nitrogen and oxygen atoms in total. The molecule has 1 N–H and O–H groups in total. The van der Waals surface area contributed by atoms with Crippen LogP contribution in [0.4, 0.5) is 11.5 Å². The van der Waals surface area contributed by atoms with Crippen LogP contribution < -0.4 is 5.43 Å². The van der Waals surface area contributed by atoms with Crippen LogP contribution >= 0.6 is 0 Å². The van der Waals surface area contributed by atoms with Gasteiger partial charge in [0.1, 0.15) is 12.0 Å². The van der Waals surface area contributed by atoms with Crippen LogP contribution in [0, 0.1) is 41.7 Å². The molecule has 7 rings (SSSR count). The number of aromatic nitrogens is 2. The van der Waals surface area contributed by atoms with Crippen LogP contribution in [-0.4, -0.2) is 20.7 Å². The van der Waals surface area contributed by atoms with Crippen molar-refractivity contribution in [2.24, 2.45) is 22.9 Å². The molecule has 2 aromatic heterocycles. The molecule has 0 radical (unpaired) electrons. The third kappa shape index (κ3) is 3.93. The fourth-order valence-electron chi connectivity index (χ4n) is 7.47. The van der Waals surface area contributed by atoms with Crippen molar-refractivity contribution in [1.29, 1.82) is 0 Å². The lowest BCUT2D eigenvalue weighted by molar-refractivity contribution is -0.385. The lowest BCUT2D eigenvalue weighted by Crippen LogP contribution is -2.48. The summed E-state index contributed by atoms with van der Waals surface area (Å²) < 4.78 is 2.27. The highest BCUT2D eigenvalue weighted by molar-refractivity contribution is 5.82. The Morgan fingerprint density at radius 3 is 2.29 bits per heavy atom. The van der Waals surface area contributed by atoms with E-state index in [1.807, 2.05) is 0 Å². The lowest BCUT2D eigenvalue weighted by Gasteiger charge is -2.57. The van der Waals surface area contributed by atoms with E-state index in [9.17, 15) is 10.1 Å². The van der Waals surface area contributed by atoms with Gasteiger partial charge in [-0.15, -0.1) is 0 Å². The molecule has 1 aromatic carbocycles. The minimum absolute atomic E-state index is 0.0442. The molecule has 7 heteroatoms. The summed E-state index contributed by atoms with van der Waals surface area (Å²) in [6.07, 6.45) is 11.6. The number of nitrogens with zero attached hydrogens (tertiary/aromatic N) is 4. The summed E-state index contributed by atoms with van der Waals surface area (Å²) in [6.45, 7) is 4.22. The van der Waals surface area contributed by atoms with Crippen LogP contribution in [0.25, 0.3) is 5.69 Å². The molecular formula is C28H31N5O2. The molecule has 4 aliphatic carbocycles. The first-order chi connectivity index (χ1) is 16.9. The second kappa shape index (κ2) is 8.33. The van der Waals surface area contributed by atoms with E-state index in [2.05, 4.69) is 64.3 Å². The smallest absolute Gasteiger partial charge is 0.287 e. The molecule has 4 fully saturated rings. The van der Waals surface area contributed by atoms with Crippen LogP contribution in [0.15, 0.2) is 53.8 Å². The first-order valence-corrected chi connectivity index (χ1v) is 12.6. The monoisotopic (exact) mass is 469 g/mol. The van der Waals surface area contributed by atoms with Crippen LogP contribution in [0.2, 0.25) is 0 Å². The Morgan fingerprint density at radius 1 is 1.06 bits per heavy atom. The molecule has 4 aliphatic rings. The predicted octanol–water partition coefficient (Wildman–Crippen LogP) is 6.31. The summed E-state index contributed by atoms with van der Waals surface area (Å²) in [4.78, 5) is 14.3. The van der Waals surface area contributed by atoms with E-state index < -0.39 is 4.92 Å². The number of hydrogen-bond donors (Lipinski definition) is 1. The van der Waals surface area contributed by atoms with E-state index in [0.717, 1.165) is 34.7 Å². The Balaban J connectivity index is 1.19. The summed E-state index contributed by atoms with van der Waals surface area (Å²) in [5.74, 6) is 3.31. The zero-order valence-corrected chi connectivity index (χ0v) is 20.3. The summed E-state index contributed by atoms with van der Waals surface area (Å²) in [7, 11) is 0.